The van der Waals surface area contributed by atoms with Crippen LogP contribution in [0.3, 0.4) is 0 Å². The van der Waals surface area contributed by atoms with Crippen LogP contribution in [0.5, 0.6) is 11.5 Å². The molecule has 2 N–H and O–H groups in total. The lowest BCUT2D eigenvalue weighted by molar-refractivity contribution is 0.195. The number of benzene rings is 1. The third-order valence-electron chi connectivity index (χ3n) is 4.75. The number of nitrogens with two attached hydrogens (primary N) is 1. The molecule has 1 unspecified atom stereocenters. The number of halogens is 1. The molecule has 1 aliphatic rings. The first kappa shape index (κ1) is 19.6. The average Bonchev–Trinajstić information content (AvgIpc) is 2.61. The number of rotatable bonds is 5. The lowest BCUT2D eigenvalue weighted by atomic mass is 10.1. The monoisotopic (exact) mass is 366 g/mol. The van der Waals surface area contributed by atoms with E-state index < -0.39 is 0 Å². The SMILES string of the molecule is COc1cc2nccc(N3CCN(CCN)C(C)C3)c2cc1OC.Cl. The summed E-state index contributed by atoms with van der Waals surface area (Å²) in [7, 11) is 3.30. The molecule has 2 aromatic rings. The Balaban J connectivity index is 0.00000225. The Morgan fingerprint density at radius 1 is 1.20 bits per heavy atom. The van der Waals surface area contributed by atoms with Gasteiger partial charge < -0.3 is 20.1 Å². The van der Waals surface area contributed by atoms with Gasteiger partial charge in [0.05, 0.1) is 19.7 Å². The van der Waals surface area contributed by atoms with Crippen LogP contribution in [0, 0.1) is 0 Å². The third kappa shape index (κ3) is 3.92. The predicted molar refractivity (Wildman–Crippen MR) is 104 cm³/mol. The second-order valence-electron chi connectivity index (χ2n) is 6.17. The Hall–Kier alpha value is -1.76. The van der Waals surface area contributed by atoms with Gasteiger partial charge in [0.15, 0.2) is 11.5 Å². The quantitative estimate of drug-likeness (QED) is 0.874. The molecule has 6 nitrogen and oxygen atoms in total. The lowest BCUT2D eigenvalue weighted by Crippen LogP contribution is -2.53. The highest BCUT2D eigenvalue weighted by Gasteiger charge is 2.24. The zero-order valence-corrected chi connectivity index (χ0v) is 15.9. The zero-order valence-electron chi connectivity index (χ0n) is 15.1. The molecule has 0 amide bonds. The van der Waals surface area contributed by atoms with Gasteiger partial charge in [-0.15, -0.1) is 12.4 Å². The molecule has 7 heteroatoms. The van der Waals surface area contributed by atoms with Crippen molar-refractivity contribution in [1.82, 2.24) is 9.88 Å². The summed E-state index contributed by atoms with van der Waals surface area (Å²) in [5, 5.41) is 1.09. The number of aromatic nitrogens is 1. The minimum Gasteiger partial charge on any atom is -0.493 e. The van der Waals surface area contributed by atoms with Gasteiger partial charge in [0, 0.05) is 62.1 Å². The van der Waals surface area contributed by atoms with Gasteiger partial charge in [-0.1, -0.05) is 0 Å². The Kier molecular flexibility index (Phi) is 6.70. The van der Waals surface area contributed by atoms with Gasteiger partial charge >= 0.3 is 0 Å². The van der Waals surface area contributed by atoms with Crippen molar-refractivity contribution in [1.29, 1.82) is 0 Å². The molecule has 1 aliphatic heterocycles. The predicted octanol–water partition coefficient (Wildman–Crippen LogP) is 2.14. The summed E-state index contributed by atoms with van der Waals surface area (Å²) >= 11 is 0. The van der Waals surface area contributed by atoms with Crippen molar-refractivity contribution in [2.75, 3.05) is 51.8 Å². The fraction of sp³-hybridized carbons (Fsp3) is 0.500. The summed E-state index contributed by atoms with van der Waals surface area (Å²) < 4.78 is 10.9. The minimum absolute atomic E-state index is 0. The summed E-state index contributed by atoms with van der Waals surface area (Å²) in [5.74, 6) is 1.44. The van der Waals surface area contributed by atoms with Gasteiger partial charge in [-0.25, -0.2) is 0 Å². The molecule has 1 atom stereocenters. The molecule has 1 saturated heterocycles. The van der Waals surface area contributed by atoms with E-state index in [2.05, 4.69) is 27.8 Å². The molecule has 0 spiro atoms. The molecule has 0 saturated carbocycles. The van der Waals surface area contributed by atoms with E-state index in [1.54, 1.807) is 14.2 Å². The standard InChI is InChI=1S/C18H26N4O2.ClH/c1-13-12-22(9-8-21(13)7-5-19)16-4-6-20-15-11-18(24-3)17(23-2)10-14(15)16;/h4,6,10-11,13H,5,7-9,12,19H2,1-3H3;1H. The normalized spacial score (nSPS) is 18.1. The van der Waals surface area contributed by atoms with E-state index in [-0.39, 0.29) is 12.4 Å². The number of pyridine rings is 1. The Morgan fingerprint density at radius 3 is 2.56 bits per heavy atom. The molecule has 25 heavy (non-hydrogen) atoms. The highest BCUT2D eigenvalue weighted by Crippen LogP contribution is 2.36. The number of nitrogens with zero attached hydrogens (tertiary/aromatic N) is 3. The second-order valence-corrected chi connectivity index (χ2v) is 6.17. The lowest BCUT2D eigenvalue weighted by Gasteiger charge is -2.41. The van der Waals surface area contributed by atoms with E-state index in [9.17, 15) is 0 Å². The Bertz CT molecular complexity index is 713. The van der Waals surface area contributed by atoms with Crippen molar-refractivity contribution in [3.8, 4) is 11.5 Å². The van der Waals surface area contributed by atoms with Crippen molar-refractivity contribution >= 4 is 29.0 Å². The second kappa shape index (κ2) is 8.56. The first-order valence-electron chi connectivity index (χ1n) is 8.37. The first-order chi connectivity index (χ1) is 11.7. The molecule has 0 bridgehead atoms. The number of hydrogen-bond acceptors (Lipinski definition) is 6. The van der Waals surface area contributed by atoms with Crippen LogP contribution in [-0.2, 0) is 0 Å². The molecular weight excluding hydrogens is 340 g/mol. The molecule has 0 radical (unpaired) electrons. The van der Waals surface area contributed by atoms with Crippen LogP contribution in [0.2, 0.25) is 0 Å². The first-order valence-corrected chi connectivity index (χ1v) is 8.37. The molecule has 1 fully saturated rings. The fourth-order valence-corrected chi connectivity index (χ4v) is 3.45. The van der Waals surface area contributed by atoms with E-state index >= 15 is 0 Å². The number of methoxy groups -OCH3 is 2. The highest BCUT2D eigenvalue weighted by molar-refractivity contribution is 5.94. The van der Waals surface area contributed by atoms with Gasteiger partial charge in [-0.05, 0) is 19.1 Å². The number of piperazine rings is 1. The Labute approximate surface area is 155 Å². The summed E-state index contributed by atoms with van der Waals surface area (Å²) in [6, 6.07) is 6.52. The van der Waals surface area contributed by atoms with Crippen molar-refractivity contribution in [3.05, 3.63) is 24.4 Å². The van der Waals surface area contributed by atoms with E-state index in [1.165, 1.54) is 5.69 Å². The largest absolute Gasteiger partial charge is 0.493 e. The average molecular weight is 367 g/mol. The highest BCUT2D eigenvalue weighted by atomic mass is 35.5. The maximum atomic E-state index is 5.71. The van der Waals surface area contributed by atoms with Crippen LogP contribution < -0.4 is 20.1 Å². The van der Waals surface area contributed by atoms with E-state index in [0.29, 0.717) is 18.3 Å². The minimum atomic E-state index is 0. The van der Waals surface area contributed by atoms with Gasteiger partial charge in [-0.3, -0.25) is 9.88 Å². The van der Waals surface area contributed by atoms with Gasteiger partial charge in [-0.2, -0.15) is 0 Å². The fourth-order valence-electron chi connectivity index (χ4n) is 3.45. The van der Waals surface area contributed by atoms with E-state index in [4.69, 9.17) is 15.2 Å². The van der Waals surface area contributed by atoms with Gasteiger partial charge in [0.1, 0.15) is 0 Å². The van der Waals surface area contributed by atoms with Crippen LogP contribution in [0.15, 0.2) is 24.4 Å². The zero-order chi connectivity index (χ0) is 17.1. The van der Waals surface area contributed by atoms with Crippen LogP contribution in [0.1, 0.15) is 6.92 Å². The summed E-state index contributed by atoms with van der Waals surface area (Å²) in [6.45, 7) is 6.91. The molecule has 138 valence electrons. The number of ether oxygens (including phenoxy) is 2. The molecular formula is C18H27ClN4O2. The van der Waals surface area contributed by atoms with Crippen molar-refractivity contribution in [2.24, 2.45) is 5.73 Å². The molecule has 1 aromatic heterocycles. The number of anilines is 1. The molecule has 3 rings (SSSR count). The maximum absolute atomic E-state index is 5.71. The van der Waals surface area contributed by atoms with Crippen molar-refractivity contribution < 1.29 is 9.47 Å². The topological polar surface area (TPSA) is 63.9 Å². The molecule has 1 aromatic carbocycles. The third-order valence-corrected chi connectivity index (χ3v) is 4.75. The van der Waals surface area contributed by atoms with Crippen molar-refractivity contribution in [3.63, 3.8) is 0 Å². The van der Waals surface area contributed by atoms with Crippen LogP contribution in [0.25, 0.3) is 10.9 Å². The molecule has 0 aliphatic carbocycles. The summed E-state index contributed by atoms with van der Waals surface area (Å²) in [4.78, 5) is 9.37. The van der Waals surface area contributed by atoms with Crippen molar-refractivity contribution in [2.45, 2.75) is 13.0 Å². The smallest absolute Gasteiger partial charge is 0.162 e. The number of fused-ring (bicyclic) bond motifs is 1. The molecule has 2 heterocycles. The summed E-state index contributed by atoms with van der Waals surface area (Å²) in [6.07, 6.45) is 1.86. The van der Waals surface area contributed by atoms with Crippen LogP contribution in [-0.4, -0.2) is 62.9 Å². The summed E-state index contributed by atoms with van der Waals surface area (Å²) in [5.41, 5.74) is 7.83. The van der Waals surface area contributed by atoms with Gasteiger partial charge in [0.25, 0.3) is 0 Å². The van der Waals surface area contributed by atoms with Crippen LogP contribution in [0.4, 0.5) is 5.69 Å². The van der Waals surface area contributed by atoms with Gasteiger partial charge in [0.2, 0.25) is 0 Å². The Morgan fingerprint density at radius 2 is 1.92 bits per heavy atom. The van der Waals surface area contributed by atoms with E-state index in [1.807, 2.05) is 18.3 Å². The maximum Gasteiger partial charge on any atom is 0.162 e. The van der Waals surface area contributed by atoms with Crippen LogP contribution >= 0.6 is 12.4 Å². The number of hydrogen-bond donors (Lipinski definition) is 1. The van der Waals surface area contributed by atoms with E-state index in [0.717, 1.165) is 42.8 Å².